The summed E-state index contributed by atoms with van der Waals surface area (Å²) in [4.78, 5) is 7.45. The molecule has 6 nitrogen and oxygen atoms in total. The molecule has 0 bridgehead atoms. The zero-order valence-corrected chi connectivity index (χ0v) is 17.9. The minimum atomic E-state index is 0.275. The van der Waals surface area contributed by atoms with Gasteiger partial charge in [-0.2, -0.15) is 0 Å². The molecule has 2 heterocycles. The van der Waals surface area contributed by atoms with E-state index in [1.807, 2.05) is 24.3 Å². The Labute approximate surface area is 178 Å². The second-order valence-corrected chi connectivity index (χ2v) is 7.67. The molecule has 0 N–H and O–H groups in total. The highest BCUT2D eigenvalue weighted by molar-refractivity contribution is 5.76. The molecule has 1 fully saturated rings. The van der Waals surface area contributed by atoms with E-state index < -0.39 is 0 Å². The fourth-order valence-corrected chi connectivity index (χ4v) is 4.01. The summed E-state index contributed by atoms with van der Waals surface area (Å²) in [5, 5.41) is 0. The summed E-state index contributed by atoms with van der Waals surface area (Å²) in [5.41, 5.74) is 2.28. The Bertz CT molecular complexity index is 933. The number of ether oxygens (including phenoxy) is 3. The lowest BCUT2D eigenvalue weighted by Crippen LogP contribution is -2.39. The molecule has 1 aromatic heterocycles. The summed E-state index contributed by atoms with van der Waals surface area (Å²) in [7, 11) is 1.67. The van der Waals surface area contributed by atoms with E-state index in [0.717, 1.165) is 68.5 Å². The van der Waals surface area contributed by atoms with Crippen molar-refractivity contribution < 1.29 is 14.2 Å². The second kappa shape index (κ2) is 9.96. The van der Waals surface area contributed by atoms with Crippen molar-refractivity contribution in [2.45, 2.75) is 32.4 Å². The maximum atomic E-state index is 5.88. The summed E-state index contributed by atoms with van der Waals surface area (Å²) in [6.45, 7) is 7.42. The second-order valence-electron chi connectivity index (χ2n) is 7.67. The molecule has 0 amide bonds. The van der Waals surface area contributed by atoms with Gasteiger partial charge in [-0.3, -0.25) is 4.90 Å². The Morgan fingerprint density at radius 1 is 1.00 bits per heavy atom. The van der Waals surface area contributed by atoms with Gasteiger partial charge < -0.3 is 18.8 Å². The average molecular weight is 410 g/mol. The highest BCUT2D eigenvalue weighted by atomic mass is 16.5. The predicted molar refractivity (Wildman–Crippen MR) is 118 cm³/mol. The molecule has 160 valence electrons. The first-order chi connectivity index (χ1) is 14.8. The van der Waals surface area contributed by atoms with Crippen molar-refractivity contribution in [2.75, 3.05) is 40.0 Å². The van der Waals surface area contributed by atoms with E-state index in [1.165, 1.54) is 5.52 Å². The Kier molecular flexibility index (Phi) is 6.87. The van der Waals surface area contributed by atoms with Crippen molar-refractivity contribution in [2.24, 2.45) is 0 Å². The first-order valence-electron chi connectivity index (χ1n) is 10.8. The lowest BCUT2D eigenvalue weighted by Gasteiger charge is -2.32. The molecule has 0 saturated carbocycles. The molecule has 0 radical (unpaired) electrons. The molecule has 0 aliphatic carbocycles. The Morgan fingerprint density at radius 2 is 1.73 bits per heavy atom. The monoisotopic (exact) mass is 409 g/mol. The molecule has 1 saturated heterocycles. The number of morpholine rings is 1. The molecule has 1 aliphatic rings. The third-order valence-corrected chi connectivity index (χ3v) is 5.76. The Hall–Kier alpha value is -2.57. The van der Waals surface area contributed by atoms with Crippen LogP contribution in [-0.4, -0.2) is 54.5 Å². The van der Waals surface area contributed by atoms with Crippen LogP contribution in [0.1, 0.15) is 31.6 Å². The van der Waals surface area contributed by atoms with Gasteiger partial charge in [-0.1, -0.05) is 12.1 Å². The summed E-state index contributed by atoms with van der Waals surface area (Å²) in [6.07, 6.45) is 2.03. The molecule has 1 unspecified atom stereocenters. The van der Waals surface area contributed by atoms with Gasteiger partial charge in [0.15, 0.2) is 0 Å². The smallest absolute Gasteiger partial charge is 0.127 e. The molecule has 0 spiro atoms. The first-order valence-corrected chi connectivity index (χ1v) is 10.8. The van der Waals surface area contributed by atoms with Crippen LogP contribution < -0.4 is 9.47 Å². The summed E-state index contributed by atoms with van der Waals surface area (Å²) in [5.74, 6) is 2.87. The van der Waals surface area contributed by atoms with E-state index in [-0.39, 0.29) is 6.04 Å². The molecule has 2 aromatic carbocycles. The van der Waals surface area contributed by atoms with Crippen LogP contribution in [0.5, 0.6) is 11.5 Å². The maximum Gasteiger partial charge on any atom is 0.127 e. The maximum absolute atomic E-state index is 5.88. The normalized spacial score (nSPS) is 15.9. The van der Waals surface area contributed by atoms with Crippen LogP contribution in [0.3, 0.4) is 0 Å². The SMILES string of the molecule is COc1ccc(OCCCCn2c(C(C)N3CCOCC3)nc3ccccc32)cc1. The number of nitrogens with zero attached hydrogens (tertiary/aromatic N) is 3. The van der Waals surface area contributed by atoms with Gasteiger partial charge in [0.2, 0.25) is 0 Å². The quantitative estimate of drug-likeness (QED) is 0.493. The van der Waals surface area contributed by atoms with E-state index in [1.54, 1.807) is 7.11 Å². The minimum Gasteiger partial charge on any atom is -0.497 e. The zero-order chi connectivity index (χ0) is 20.8. The van der Waals surface area contributed by atoms with E-state index >= 15 is 0 Å². The molecule has 30 heavy (non-hydrogen) atoms. The minimum absolute atomic E-state index is 0.275. The van der Waals surface area contributed by atoms with Crippen LogP contribution in [0, 0.1) is 0 Å². The molecule has 1 aliphatic heterocycles. The molecular formula is C24H31N3O3. The highest BCUT2D eigenvalue weighted by Crippen LogP contribution is 2.26. The van der Waals surface area contributed by atoms with Crippen molar-refractivity contribution in [3.05, 3.63) is 54.4 Å². The van der Waals surface area contributed by atoms with Crippen LogP contribution in [0.15, 0.2) is 48.5 Å². The number of rotatable bonds is 9. The number of aromatic nitrogens is 2. The number of unbranched alkanes of at least 4 members (excludes halogenated alkanes) is 1. The number of aryl methyl sites for hydroxylation is 1. The number of benzene rings is 2. The zero-order valence-electron chi connectivity index (χ0n) is 17.9. The van der Waals surface area contributed by atoms with Crippen LogP contribution in [-0.2, 0) is 11.3 Å². The lowest BCUT2D eigenvalue weighted by molar-refractivity contribution is 0.0176. The fraction of sp³-hybridized carbons (Fsp3) is 0.458. The van der Waals surface area contributed by atoms with E-state index in [0.29, 0.717) is 6.61 Å². The van der Waals surface area contributed by atoms with Gasteiger partial charge in [0.1, 0.15) is 17.3 Å². The Balaban J connectivity index is 1.38. The first kappa shape index (κ1) is 20.7. The number of hydrogen-bond donors (Lipinski definition) is 0. The van der Waals surface area contributed by atoms with Gasteiger partial charge >= 0.3 is 0 Å². The van der Waals surface area contributed by atoms with Gasteiger partial charge in [-0.05, 0) is 56.2 Å². The summed E-state index contributed by atoms with van der Waals surface area (Å²) < 4.78 is 19.0. The molecule has 3 aromatic rings. The fourth-order valence-electron chi connectivity index (χ4n) is 4.01. The van der Waals surface area contributed by atoms with E-state index in [4.69, 9.17) is 19.2 Å². The van der Waals surface area contributed by atoms with Crippen molar-refractivity contribution >= 4 is 11.0 Å². The van der Waals surface area contributed by atoms with E-state index in [9.17, 15) is 0 Å². The van der Waals surface area contributed by atoms with Gasteiger partial charge in [-0.15, -0.1) is 0 Å². The predicted octanol–water partition coefficient (Wildman–Crippen LogP) is 4.30. The van der Waals surface area contributed by atoms with Crippen molar-refractivity contribution in [3.8, 4) is 11.5 Å². The molecule has 4 rings (SSSR count). The standard InChI is InChI=1S/C24H31N3O3/c1-19(26-14-17-29-18-15-26)24-25-22-7-3-4-8-23(22)27(24)13-5-6-16-30-21-11-9-20(28-2)10-12-21/h3-4,7-12,19H,5-6,13-18H2,1-2H3. The number of methoxy groups -OCH3 is 1. The Morgan fingerprint density at radius 3 is 2.50 bits per heavy atom. The topological polar surface area (TPSA) is 48.8 Å². The molecule has 1 atom stereocenters. The third-order valence-electron chi connectivity index (χ3n) is 5.76. The molecule has 6 heteroatoms. The number of imidazole rings is 1. The van der Waals surface area contributed by atoms with Crippen molar-refractivity contribution in [1.29, 1.82) is 0 Å². The third kappa shape index (κ3) is 4.77. The number of fused-ring (bicyclic) bond motifs is 1. The van der Waals surface area contributed by atoms with Crippen LogP contribution in [0.25, 0.3) is 11.0 Å². The largest absolute Gasteiger partial charge is 0.497 e. The summed E-state index contributed by atoms with van der Waals surface area (Å²) >= 11 is 0. The van der Waals surface area contributed by atoms with Crippen molar-refractivity contribution in [1.82, 2.24) is 14.5 Å². The summed E-state index contributed by atoms with van der Waals surface area (Å²) in [6, 6.07) is 16.5. The van der Waals surface area contributed by atoms with Crippen LogP contribution >= 0.6 is 0 Å². The van der Waals surface area contributed by atoms with Gasteiger partial charge in [0.05, 0.1) is 44.0 Å². The van der Waals surface area contributed by atoms with Crippen molar-refractivity contribution in [3.63, 3.8) is 0 Å². The van der Waals surface area contributed by atoms with E-state index in [2.05, 4.69) is 40.7 Å². The highest BCUT2D eigenvalue weighted by Gasteiger charge is 2.23. The number of hydrogen-bond acceptors (Lipinski definition) is 5. The van der Waals surface area contributed by atoms with Gasteiger partial charge in [0, 0.05) is 19.6 Å². The van der Waals surface area contributed by atoms with Crippen LogP contribution in [0.4, 0.5) is 0 Å². The van der Waals surface area contributed by atoms with Gasteiger partial charge in [-0.25, -0.2) is 4.98 Å². The van der Waals surface area contributed by atoms with Gasteiger partial charge in [0.25, 0.3) is 0 Å². The number of para-hydroxylation sites is 2. The lowest BCUT2D eigenvalue weighted by atomic mass is 10.2. The molecular weight excluding hydrogens is 378 g/mol. The van der Waals surface area contributed by atoms with Crippen LogP contribution in [0.2, 0.25) is 0 Å². The average Bonchev–Trinajstić information content (AvgIpc) is 3.18.